The van der Waals surface area contributed by atoms with Gasteiger partial charge in [0.2, 0.25) is 0 Å². The number of fused-ring (bicyclic) bond motifs is 6. The number of hydrogen-bond acceptors (Lipinski definition) is 4. The molecule has 5 heteroatoms. The lowest BCUT2D eigenvalue weighted by Gasteiger charge is -2.54. The molecule has 2 aliphatic heterocycles. The van der Waals surface area contributed by atoms with E-state index >= 15 is 0 Å². The molecular formula is C40H40N2O3. The Kier molecular flexibility index (Phi) is 7.21. The lowest BCUT2D eigenvalue weighted by atomic mass is 9.56. The Balaban J connectivity index is 1.29. The molecule has 3 heterocycles. The summed E-state index contributed by atoms with van der Waals surface area (Å²) in [6.07, 6.45) is 2.75. The standard InChI is InChI=1S/C40H40N2O3/c1-2-39-27-41(23-29-14-6-3-7-15-29)34-22-35(39)40(28-43,45-36(39)26-44-25-31-18-10-5-11-19-31)37-32-20-12-13-21-33(32)42(38(34)37)24-30-16-8-4-9-17-30/h3-21,28,34-36H,2,22-27H2,1H3/t34-,35?,36-,39+,40+/m0/s1. The molecule has 2 saturated heterocycles. The van der Waals surface area contributed by atoms with Gasteiger partial charge in [-0.25, -0.2) is 0 Å². The molecule has 1 aliphatic carbocycles. The van der Waals surface area contributed by atoms with E-state index in [1.54, 1.807) is 0 Å². The Morgan fingerprint density at radius 1 is 0.822 bits per heavy atom. The number of aldehydes is 1. The Bertz CT molecular complexity index is 1800. The molecule has 5 atom stereocenters. The van der Waals surface area contributed by atoms with Crippen LogP contribution in [-0.2, 0) is 39.6 Å². The highest BCUT2D eigenvalue weighted by Crippen LogP contribution is 2.66. The number of para-hydroxylation sites is 1. The van der Waals surface area contributed by atoms with Gasteiger partial charge in [-0.2, -0.15) is 0 Å². The molecule has 228 valence electrons. The van der Waals surface area contributed by atoms with E-state index in [1.165, 1.54) is 16.8 Å². The van der Waals surface area contributed by atoms with Crippen LogP contribution >= 0.6 is 0 Å². The topological polar surface area (TPSA) is 43.7 Å². The molecule has 0 amide bonds. The fraction of sp³-hybridized carbons (Fsp3) is 0.325. The molecule has 2 fully saturated rings. The van der Waals surface area contributed by atoms with Crippen molar-refractivity contribution in [2.24, 2.45) is 11.3 Å². The van der Waals surface area contributed by atoms with Gasteiger partial charge < -0.3 is 14.0 Å². The number of hydrogen-bond donors (Lipinski definition) is 0. The van der Waals surface area contributed by atoms with Crippen LogP contribution < -0.4 is 0 Å². The minimum absolute atomic E-state index is 0.0679. The van der Waals surface area contributed by atoms with Crippen molar-refractivity contribution in [2.45, 2.75) is 57.2 Å². The summed E-state index contributed by atoms with van der Waals surface area (Å²) in [4.78, 5) is 16.4. The average Bonchev–Trinajstić information content (AvgIpc) is 3.58. The summed E-state index contributed by atoms with van der Waals surface area (Å²) < 4.78 is 16.1. The van der Waals surface area contributed by atoms with Crippen LogP contribution in [0.3, 0.4) is 0 Å². The molecule has 1 unspecified atom stereocenters. The molecule has 1 aromatic heterocycles. The van der Waals surface area contributed by atoms with Gasteiger partial charge in [0.15, 0.2) is 11.9 Å². The lowest BCUT2D eigenvalue weighted by Crippen LogP contribution is -2.57. The van der Waals surface area contributed by atoms with Crippen molar-refractivity contribution in [3.8, 4) is 0 Å². The van der Waals surface area contributed by atoms with Crippen LogP contribution in [0.5, 0.6) is 0 Å². The maximum Gasteiger partial charge on any atom is 0.156 e. The summed E-state index contributed by atoms with van der Waals surface area (Å²) in [7, 11) is 0. The van der Waals surface area contributed by atoms with Crippen LogP contribution in [0.15, 0.2) is 115 Å². The van der Waals surface area contributed by atoms with E-state index in [-0.39, 0.29) is 23.5 Å². The van der Waals surface area contributed by atoms with Crippen LogP contribution in [0.1, 0.15) is 53.8 Å². The SMILES string of the molecule is CC[C@@]12CN(Cc3ccccc3)[C@H]3CC1[C@@](C=O)(O[C@H]2COCc1ccccc1)c1c3n(Cc2ccccc2)c2ccccc12. The first-order valence-electron chi connectivity index (χ1n) is 16.4. The van der Waals surface area contributed by atoms with Gasteiger partial charge in [0.1, 0.15) is 0 Å². The van der Waals surface area contributed by atoms with Crippen LogP contribution in [0, 0.1) is 11.3 Å². The second kappa shape index (κ2) is 11.4. The van der Waals surface area contributed by atoms with Crippen molar-refractivity contribution < 1.29 is 14.3 Å². The molecule has 3 aliphatic rings. The molecule has 0 saturated carbocycles. The third kappa shape index (κ3) is 4.52. The Labute approximate surface area is 265 Å². The first-order chi connectivity index (χ1) is 22.2. The number of benzene rings is 4. The summed E-state index contributed by atoms with van der Waals surface area (Å²) in [6, 6.07) is 40.6. The molecule has 45 heavy (non-hydrogen) atoms. The normalized spacial score (nSPS) is 27.0. The van der Waals surface area contributed by atoms with Gasteiger partial charge in [-0.05, 0) is 35.6 Å². The highest BCUT2D eigenvalue weighted by molar-refractivity contribution is 5.91. The first-order valence-corrected chi connectivity index (χ1v) is 16.4. The number of nitrogens with zero attached hydrogens (tertiary/aromatic N) is 2. The van der Waals surface area contributed by atoms with Crippen molar-refractivity contribution in [1.82, 2.24) is 9.47 Å². The molecule has 0 radical (unpaired) electrons. The zero-order valence-electron chi connectivity index (χ0n) is 25.8. The third-order valence-electron chi connectivity index (χ3n) is 10.9. The van der Waals surface area contributed by atoms with Gasteiger partial charge in [-0.15, -0.1) is 0 Å². The Morgan fingerprint density at radius 3 is 2.11 bits per heavy atom. The summed E-state index contributed by atoms with van der Waals surface area (Å²) in [5, 5.41) is 1.13. The molecule has 0 N–H and O–H groups in total. The fourth-order valence-electron chi connectivity index (χ4n) is 8.90. The molecule has 0 spiro atoms. The summed E-state index contributed by atoms with van der Waals surface area (Å²) >= 11 is 0. The number of carbonyl (C=O) groups excluding carboxylic acids is 1. The molecule has 4 aromatic carbocycles. The molecule has 5 aromatic rings. The van der Waals surface area contributed by atoms with E-state index in [0.29, 0.717) is 13.2 Å². The zero-order chi connectivity index (χ0) is 30.4. The number of likely N-dealkylation sites (tertiary alicyclic amines) is 1. The maximum atomic E-state index is 13.7. The minimum atomic E-state index is -1.01. The number of aromatic nitrogens is 1. The monoisotopic (exact) mass is 596 g/mol. The number of rotatable bonds is 10. The predicted octanol–water partition coefficient (Wildman–Crippen LogP) is 7.67. The molecule has 5 nitrogen and oxygen atoms in total. The average molecular weight is 597 g/mol. The van der Waals surface area contributed by atoms with Crippen molar-refractivity contribution in [3.63, 3.8) is 0 Å². The second-order valence-corrected chi connectivity index (χ2v) is 13.1. The van der Waals surface area contributed by atoms with Gasteiger partial charge in [0.05, 0.1) is 25.4 Å². The smallest absolute Gasteiger partial charge is 0.156 e. The van der Waals surface area contributed by atoms with Crippen molar-refractivity contribution in [1.29, 1.82) is 0 Å². The molecule has 2 bridgehead atoms. The zero-order valence-corrected chi connectivity index (χ0v) is 25.8. The van der Waals surface area contributed by atoms with Crippen LogP contribution in [0.2, 0.25) is 0 Å². The van der Waals surface area contributed by atoms with E-state index < -0.39 is 5.60 Å². The summed E-state index contributed by atoms with van der Waals surface area (Å²) in [6.45, 7) is 5.71. The van der Waals surface area contributed by atoms with Gasteiger partial charge >= 0.3 is 0 Å². The van der Waals surface area contributed by atoms with Gasteiger partial charge in [0.25, 0.3) is 0 Å². The summed E-state index contributed by atoms with van der Waals surface area (Å²) in [5.41, 5.74) is 5.93. The number of carbonyl (C=O) groups is 1. The largest absolute Gasteiger partial charge is 0.374 e. The van der Waals surface area contributed by atoms with E-state index in [2.05, 4.69) is 113 Å². The Morgan fingerprint density at radius 2 is 1.44 bits per heavy atom. The maximum absolute atomic E-state index is 13.7. The van der Waals surface area contributed by atoms with E-state index in [4.69, 9.17) is 9.47 Å². The van der Waals surface area contributed by atoms with Crippen LogP contribution in [0.25, 0.3) is 10.9 Å². The molecule has 8 rings (SSSR count). The third-order valence-corrected chi connectivity index (χ3v) is 10.9. The first kappa shape index (κ1) is 28.4. The van der Waals surface area contributed by atoms with E-state index in [1.807, 2.05) is 18.2 Å². The summed E-state index contributed by atoms with van der Waals surface area (Å²) in [5.74, 6) is 0.0679. The van der Waals surface area contributed by atoms with Gasteiger partial charge in [-0.1, -0.05) is 116 Å². The van der Waals surface area contributed by atoms with Crippen molar-refractivity contribution >= 4 is 17.2 Å². The highest BCUT2D eigenvalue weighted by Gasteiger charge is 2.70. The molecular weight excluding hydrogens is 556 g/mol. The second-order valence-electron chi connectivity index (χ2n) is 13.1. The van der Waals surface area contributed by atoms with Crippen molar-refractivity contribution in [3.05, 3.63) is 143 Å². The van der Waals surface area contributed by atoms with Crippen LogP contribution in [-0.4, -0.2) is 35.0 Å². The van der Waals surface area contributed by atoms with Crippen molar-refractivity contribution in [2.75, 3.05) is 13.2 Å². The van der Waals surface area contributed by atoms with Gasteiger partial charge in [-0.3, -0.25) is 9.69 Å². The minimum Gasteiger partial charge on any atom is -0.374 e. The van der Waals surface area contributed by atoms with E-state index in [9.17, 15) is 4.79 Å². The quantitative estimate of drug-likeness (QED) is 0.155. The number of piperidine rings is 1. The highest BCUT2D eigenvalue weighted by atomic mass is 16.6. The number of ether oxygens (including phenoxy) is 2. The Hall–Kier alpha value is -4.03. The lowest BCUT2D eigenvalue weighted by molar-refractivity contribution is -0.141. The predicted molar refractivity (Wildman–Crippen MR) is 177 cm³/mol. The fourth-order valence-corrected chi connectivity index (χ4v) is 8.90. The van der Waals surface area contributed by atoms with Crippen LogP contribution in [0.4, 0.5) is 0 Å². The van der Waals surface area contributed by atoms with E-state index in [0.717, 1.165) is 60.8 Å². The van der Waals surface area contributed by atoms with Gasteiger partial charge in [0, 0.05) is 53.1 Å².